The van der Waals surface area contributed by atoms with Gasteiger partial charge >= 0.3 is 0 Å². The van der Waals surface area contributed by atoms with Crippen molar-refractivity contribution >= 4 is 5.91 Å². The third kappa shape index (κ3) is 4.78. The Morgan fingerprint density at radius 2 is 1.95 bits per heavy atom. The lowest BCUT2D eigenvalue weighted by Crippen LogP contribution is -2.31. The molecule has 7 heteroatoms. The second kappa shape index (κ2) is 8.04. The highest BCUT2D eigenvalue weighted by Crippen LogP contribution is 2.17. The number of halogens is 1. The molecule has 116 valence electrons. The molecule has 2 rings (SSSR count). The number of nitrogens with one attached hydrogen (secondary N) is 1. The molecule has 0 aliphatic carbocycles. The van der Waals surface area contributed by atoms with Crippen LogP contribution in [0.2, 0.25) is 0 Å². The van der Waals surface area contributed by atoms with E-state index in [1.807, 2.05) is 0 Å². The molecule has 0 spiro atoms. The number of carbonyl (C=O) groups is 1. The molecule has 22 heavy (non-hydrogen) atoms. The highest BCUT2D eigenvalue weighted by atomic mass is 19.1. The number of nitrogens with zero attached hydrogens (tertiary/aromatic N) is 2. The number of methoxy groups -OCH3 is 1. The van der Waals surface area contributed by atoms with Crippen LogP contribution in [-0.2, 0) is 9.53 Å². The molecule has 0 saturated carbocycles. The summed E-state index contributed by atoms with van der Waals surface area (Å²) in [6.07, 6.45) is 0. The van der Waals surface area contributed by atoms with Crippen LogP contribution in [0.4, 0.5) is 4.39 Å². The van der Waals surface area contributed by atoms with Crippen molar-refractivity contribution in [2.24, 2.45) is 0 Å². The van der Waals surface area contributed by atoms with Gasteiger partial charge in [0, 0.05) is 18.7 Å². The van der Waals surface area contributed by atoms with E-state index in [0.29, 0.717) is 18.1 Å². The molecule has 0 unspecified atom stereocenters. The molecule has 1 aromatic carbocycles. The minimum Gasteiger partial charge on any atom is -0.475 e. The minimum atomic E-state index is -0.299. The van der Waals surface area contributed by atoms with E-state index in [0.717, 1.165) is 5.56 Å². The monoisotopic (exact) mass is 305 g/mol. The van der Waals surface area contributed by atoms with E-state index in [-0.39, 0.29) is 24.9 Å². The normalized spacial score (nSPS) is 10.3. The Kier molecular flexibility index (Phi) is 5.79. The molecule has 6 nitrogen and oxygen atoms in total. The number of ether oxygens (including phenoxy) is 2. The number of hydrogen-bond acceptors (Lipinski definition) is 5. The maximum atomic E-state index is 12.9. The van der Waals surface area contributed by atoms with Crippen molar-refractivity contribution in [1.29, 1.82) is 0 Å². The summed E-state index contributed by atoms with van der Waals surface area (Å²) in [6, 6.07) is 9.40. The number of amides is 1. The van der Waals surface area contributed by atoms with Crippen molar-refractivity contribution in [3.8, 4) is 17.1 Å². The van der Waals surface area contributed by atoms with E-state index >= 15 is 0 Å². The topological polar surface area (TPSA) is 73.3 Å². The summed E-state index contributed by atoms with van der Waals surface area (Å²) in [4.78, 5) is 11.1. The zero-order chi connectivity index (χ0) is 15.8. The van der Waals surface area contributed by atoms with Gasteiger partial charge in [0.1, 0.15) is 19.0 Å². The molecule has 0 aliphatic rings. The lowest BCUT2D eigenvalue weighted by Gasteiger charge is -2.07. The first-order valence-corrected chi connectivity index (χ1v) is 6.67. The van der Waals surface area contributed by atoms with Gasteiger partial charge in [0.25, 0.3) is 0 Å². The second-order valence-electron chi connectivity index (χ2n) is 4.40. The summed E-state index contributed by atoms with van der Waals surface area (Å²) in [5, 5.41) is 10.6. The Morgan fingerprint density at radius 1 is 1.18 bits per heavy atom. The summed E-state index contributed by atoms with van der Waals surface area (Å²) in [5.41, 5.74) is 1.40. The zero-order valence-corrected chi connectivity index (χ0v) is 12.1. The van der Waals surface area contributed by atoms with Crippen LogP contribution in [-0.4, -0.2) is 43.0 Å². The highest BCUT2D eigenvalue weighted by Gasteiger charge is 2.03. The minimum absolute atomic E-state index is 0.0200. The fraction of sp³-hybridized carbons (Fsp3) is 0.267. The smallest absolute Gasteiger partial charge is 0.246 e. The van der Waals surface area contributed by atoms with Gasteiger partial charge in [-0.15, -0.1) is 10.2 Å². The van der Waals surface area contributed by atoms with Gasteiger partial charge in [-0.3, -0.25) is 4.79 Å². The van der Waals surface area contributed by atoms with Crippen LogP contribution in [0, 0.1) is 5.82 Å². The van der Waals surface area contributed by atoms with Gasteiger partial charge in [-0.25, -0.2) is 4.39 Å². The van der Waals surface area contributed by atoms with Gasteiger partial charge in [0.05, 0.1) is 12.2 Å². The van der Waals surface area contributed by atoms with Gasteiger partial charge in [-0.2, -0.15) is 0 Å². The molecule has 0 atom stereocenters. The van der Waals surface area contributed by atoms with Crippen molar-refractivity contribution < 1.29 is 18.7 Å². The van der Waals surface area contributed by atoms with E-state index < -0.39 is 0 Å². The molecule has 1 N–H and O–H groups in total. The molecular weight excluding hydrogens is 289 g/mol. The Morgan fingerprint density at radius 3 is 2.59 bits per heavy atom. The summed E-state index contributed by atoms with van der Waals surface area (Å²) in [7, 11) is 1.45. The van der Waals surface area contributed by atoms with Crippen LogP contribution < -0.4 is 10.1 Å². The first-order chi connectivity index (χ1) is 10.7. The summed E-state index contributed by atoms with van der Waals surface area (Å²) >= 11 is 0. The number of aromatic nitrogens is 2. The number of benzene rings is 1. The van der Waals surface area contributed by atoms with Crippen molar-refractivity contribution in [2.75, 3.05) is 26.9 Å². The largest absolute Gasteiger partial charge is 0.475 e. The molecule has 0 radical (unpaired) electrons. The van der Waals surface area contributed by atoms with Crippen LogP contribution in [0.3, 0.4) is 0 Å². The maximum absolute atomic E-state index is 12.9. The van der Waals surface area contributed by atoms with Gasteiger partial charge in [0.15, 0.2) is 0 Å². The highest BCUT2D eigenvalue weighted by molar-refractivity contribution is 5.77. The molecule has 2 aromatic rings. The molecule has 1 aromatic heterocycles. The molecule has 1 amide bonds. The Labute approximate surface area is 127 Å². The Balaban J connectivity index is 1.82. The fourth-order valence-corrected chi connectivity index (χ4v) is 1.70. The number of hydrogen-bond donors (Lipinski definition) is 1. The van der Waals surface area contributed by atoms with Crippen LogP contribution >= 0.6 is 0 Å². The predicted octanol–water partition coefficient (Wildman–Crippen LogP) is 1.42. The summed E-state index contributed by atoms with van der Waals surface area (Å²) < 4.78 is 22.9. The third-order valence-electron chi connectivity index (χ3n) is 2.73. The standard InChI is InChI=1S/C15H16FN3O3/c1-21-10-14(20)17-8-9-22-15-7-6-13(18-19-15)11-2-4-12(16)5-3-11/h2-7H,8-10H2,1H3,(H,17,20). The average Bonchev–Trinajstić information content (AvgIpc) is 2.53. The van der Waals surface area contributed by atoms with Crippen LogP contribution in [0.1, 0.15) is 0 Å². The summed E-state index contributed by atoms with van der Waals surface area (Å²) in [5.74, 6) is -0.150. The van der Waals surface area contributed by atoms with Gasteiger partial charge in [-0.1, -0.05) is 0 Å². The van der Waals surface area contributed by atoms with Crippen molar-refractivity contribution in [3.63, 3.8) is 0 Å². The Hall–Kier alpha value is -2.54. The van der Waals surface area contributed by atoms with Gasteiger partial charge in [-0.05, 0) is 30.3 Å². The quantitative estimate of drug-likeness (QED) is 0.783. The molecule has 0 saturated heterocycles. The SMILES string of the molecule is COCC(=O)NCCOc1ccc(-c2ccc(F)cc2)nn1. The fourth-order valence-electron chi connectivity index (χ4n) is 1.70. The van der Waals surface area contributed by atoms with Gasteiger partial charge in [0.2, 0.25) is 11.8 Å². The maximum Gasteiger partial charge on any atom is 0.246 e. The van der Waals surface area contributed by atoms with Crippen molar-refractivity contribution in [2.45, 2.75) is 0 Å². The van der Waals surface area contributed by atoms with Crippen LogP contribution in [0.5, 0.6) is 5.88 Å². The molecule has 0 aliphatic heterocycles. The van der Waals surface area contributed by atoms with E-state index in [4.69, 9.17) is 4.74 Å². The van der Waals surface area contributed by atoms with E-state index in [9.17, 15) is 9.18 Å². The molecule has 0 fully saturated rings. The molecule has 1 heterocycles. The van der Waals surface area contributed by atoms with E-state index in [1.54, 1.807) is 24.3 Å². The Bertz CT molecular complexity index is 602. The van der Waals surface area contributed by atoms with Crippen LogP contribution in [0.15, 0.2) is 36.4 Å². The summed E-state index contributed by atoms with van der Waals surface area (Å²) in [6.45, 7) is 0.649. The zero-order valence-electron chi connectivity index (χ0n) is 12.1. The first-order valence-electron chi connectivity index (χ1n) is 6.67. The molecule has 0 bridgehead atoms. The average molecular weight is 305 g/mol. The number of rotatable bonds is 7. The first kappa shape index (κ1) is 15.8. The number of carbonyl (C=O) groups excluding carboxylic acids is 1. The molecular formula is C15H16FN3O3. The van der Waals surface area contributed by atoms with Crippen molar-refractivity contribution in [1.82, 2.24) is 15.5 Å². The van der Waals surface area contributed by atoms with E-state index in [2.05, 4.69) is 20.3 Å². The van der Waals surface area contributed by atoms with E-state index in [1.165, 1.54) is 19.2 Å². The van der Waals surface area contributed by atoms with Crippen molar-refractivity contribution in [3.05, 3.63) is 42.2 Å². The second-order valence-corrected chi connectivity index (χ2v) is 4.40. The third-order valence-corrected chi connectivity index (χ3v) is 2.73. The lowest BCUT2D eigenvalue weighted by atomic mass is 10.1. The lowest BCUT2D eigenvalue weighted by molar-refractivity contribution is -0.124. The van der Waals surface area contributed by atoms with Gasteiger partial charge < -0.3 is 14.8 Å². The predicted molar refractivity (Wildman–Crippen MR) is 77.8 cm³/mol. The van der Waals surface area contributed by atoms with Crippen LogP contribution in [0.25, 0.3) is 11.3 Å².